The molecule has 2 N–H and O–H groups in total. The van der Waals surface area contributed by atoms with Crippen LogP contribution in [0.4, 0.5) is 4.39 Å². The zero-order valence-corrected chi connectivity index (χ0v) is 9.82. The van der Waals surface area contributed by atoms with Crippen LogP contribution in [-0.4, -0.2) is 13.3 Å². The Balaban J connectivity index is 2.57. The average molecular weight is 233 g/mol. The van der Waals surface area contributed by atoms with Crippen LogP contribution in [0.15, 0.2) is 36.4 Å². The van der Waals surface area contributed by atoms with Crippen LogP contribution in [0.1, 0.15) is 18.5 Å². The van der Waals surface area contributed by atoms with Gasteiger partial charge in [0.25, 0.3) is 0 Å². The van der Waals surface area contributed by atoms with Crippen LogP contribution in [0.3, 0.4) is 0 Å². The van der Waals surface area contributed by atoms with Crippen molar-refractivity contribution in [2.75, 3.05) is 13.3 Å². The second-order valence-corrected chi connectivity index (χ2v) is 4.03. The predicted octanol–water partition coefficient (Wildman–Crippen LogP) is 3.21. The number of nitrogens with two attached hydrogens (primary N) is 1. The van der Waals surface area contributed by atoms with E-state index in [1.54, 1.807) is 0 Å². The number of ether oxygens (including phenoxy) is 1. The summed E-state index contributed by atoms with van der Waals surface area (Å²) < 4.78 is 17.8. The zero-order chi connectivity index (χ0) is 12.3. The van der Waals surface area contributed by atoms with Crippen LogP contribution in [0.2, 0.25) is 0 Å². The van der Waals surface area contributed by atoms with Gasteiger partial charge in [0, 0.05) is 17.0 Å². The topological polar surface area (TPSA) is 35.2 Å². The van der Waals surface area contributed by atoms with Crippen LogP contribution >= 0.6 is 0 Å². The molecule has 3 heteroatoms. The lowest BCUT2D eigenvalue weighted by Crippen LogP contribution is -2.09. The third-order valence-corrected chi connectivity index (χ3v) is 2.72. The summed E-state index contributed by atoms with van der Waals surface area (Å²) in [4.78, 5) is 0. The van der Waals surface area contributed by atoms with E-state index in [0.717, 1.165) is 16.3 Å². The quantitative estimate of drug-likeness (QED) is 0.880. The van der Waals surface area contributed by atoms with Crippen molar-refractivity contribution in [3.63, 3.8) is 0 Å². The van der Waals surface area contributed by atoms with Crippen LogP contribution in [0.25, 0.3) is 10.8 Å². The maximum Gasteiger partial charge on any atom is 0.132 e. The van der Waals surface area contributed by atoms with Crippen molar-refractivity contribution in [2.45, 2.75) is 13.0 Å². The Hall–Kier alpha value is -1.61. The first-order valence-electron chi connectivity index (χ1n) is 5.70. The van der Waals surface area contributed by atoms with E-state index in [-0.39, 0.29) is 12.6 Å². The summed E-state index contributed by atoms with van der Waals surface area (Å²) in [6, 6.07) is 11.7. The molecule has 0 heterocycles. The van der Waals surface area contributed by atoms with Crippen molar-refractivity contribution in [3.8, 4) is 5.75 Å². The molecule has 0 bridgehead atoms. The Morgan fingerprint density at radius 3 is 2.71 bits per heavy atom. The second-order valence-electron chi connectivity index (χ2n) is 4.03. The van der Waals surface area contributed by atoms with Gasteiger partial charge in [0.05, 0.1) is 0 Å². The molecule has 0 amide bonds. The van der Waals surface area contributed by atoms with Crippen molar-refractivity contribution in [1.82, 2.24) is 0 Å². The molecule has 2 aromatic carbocycles. The SMILES string of the molecule is CC(N)c1ccc2ccccc2c1OCCF. The van der Waals surface area contributed by atoms with Crippen molar-refractivity contribution in [2.24, 2.45) is 5.73 Å². The molecule has 0 saturated heterocycles. The highest BCUT2D eigenvalue weighted by Gasteiger charge is 2.11. The highest BCUT2D eigenvalue weighted by Crippen LogP contribution is 2.32. The lowest BCUT2D eigenvalue weighted by atomic mass is 10.0. The number of benzene rings is 2. The molecule has 2 nitrogen and oxygen atoms in total. The first-order chi connectivity index (χ1) is 8.24. The number of halogens is 1. The molecule has 90 valence electrons. The van der Waals surface area contributed by atoms with Crippen LogP contribution in [-0.2, 0) is 0 Å². The van der Waals surface area contributed by atoms with Crippen molar-refractivity contribution < 1.29 is 9.13 Å². The first-order valence-corrected chi connectivity index (χ1v) is 5.70. The van der Waals surface area contributed by atoms with E-state index in [1.165, 1.54) is 0 Å². The second kappa shape index (κ2) is 5.15. The van der Waals surface area contributed by atoms with E-state index in [9.17, 15) is 4.39 Å². The summed E-state index contributed by atoms with van der Waals surface area (Å²) in [5.74, 6) is 0.704. The zero-order valence-electron chi connectivity index (χ0n) is 9.82. The maximum atomic E-state index is 12.3. The minimum absolute atomic E-state index is 0.0632. The number of rotatable bonds is 4. The van der Waals surface area contributed by atoms with Crippen LogP contribution < -0.4 is 10.5 Å². The summed E-state index contributed by atoms with van der Waals surface area (Å²) in [5.41, 5.74) is 6.82. The molecule has 1 unspecified atom stereocenters. The van der Waals surface area contributed by atoms with Gasteiger partial charge in [-0.15, -0.1) is 0 Å². The highest BCUT2D eigenvalue weighted by atomic mass is 19.1. The fraction of sp³-hybridized carbons (Fsp3) is 0.286. The van der Waals surface area contributed by atoms with Gasteiger partial charge in [-0.3, -0.25) is 0 Å². The van der Waals surface area contributed by atoms with Gasteiger partial charge in [-0.1, -0.05) is 36.4 Å². The molecule has 0 aromatic heterocycles. The molecule has 0 aliphatic rings. The van der Waals surface area contributed by atoms with Gasteiger partial charge in [0.2, 0.25) is 0 Å². The predicted molar refractivity (Wildman–Crippen MR) is 68.0 cm³/mol. The molecule has 0 radical (unpaired) electrons. The van der Waals surface area contributed by atoms with E-state index in [1.807, 2.05) is 43.3 Å². The van der Waals surface area contributed by atoms with E-state index in [0.29, 0.717) is 5.75 Å². The molecular formula is C14H16FNO. The number of hydrogen-bond acceptors (Lipinski definition) is 2. The minimum Gasteiger partial charge on any atom is -0.490 e. The molecule has 1 atom stereocenters. The Morgan fingerprint density at radius 1 is 1.24 bits per heavy atom. The normalized spacial score (nSPS) is 12.6. The molecular weight excluding hydrogens is 217 g/mol. The van der Waals surface area contributed by atoms with Gasteiger partial charge in [-0.05, 0) is 12.3 Å². The Kier molecular flexibility index (Phi) is 3.59. The summed E-state index contributed by atoms with van der Waals surface area (Å²) in [6.45, 7) is 1.46. The van der Waals surface area contributed by atoms with Crippen molar-refractivity contribution in [1.29, 1.82) is 0 Å². The fourth-order valence-electron chi connectivity index (χ4n) is 1.92. The summed E-state index contributed by atoms with van der Waals surface area (Å²) in [7, 11) is 0. The largest absolute Gasteiger partial charge is 0.490 e. The van der Waals surface area contributed by atoms with E-state index >= 15 is 0 Å². The van der Waals surface area contributed by atoms with E-state index in [4.69, 9.17) is 10.5 Å². The van der Waals surface area contributed by atoms with Gasteiger partial charge in [-0.25, -0.2) is 4.39 Å². The maximum absolute atomic E-state index is 12.3. The van der Waals surface area contributed by atoms with Gasteiger partial charge in [0.15, 0.2) is 0 Å². The molecule has 0 saturated carbocycles. The minimum atomic E-state index is -0.498. The molecule has 17 heavy (non-hydrogen) atoms. The highest BCUT2D eigenvalue weighted by molar-refractivity contribution is 5.89. The van der Waals surface area contributed by atoms with E-state index < -0.39 is 6.67 Å². The van der Waals surface area contributed by atoms with Gasteiger partial charge < -0.3 is 10.5 Å². The van der Waals surface area contributed by atoms with Gasteiger partial charge >= 0.3 is 0 Å². The summed E-state index contributed by atoms with van der Waals surface area (Å²) in [6.07, 6.45) is 0. The fourth-order valence-corrected chi connectivity index (χ4v) is 1.92. The molecule has 0 fully saturated rings. The summed E-state index contributed by atoms with van der Waals surface area (Å²) in [5, 5.41) is 2.06. The smallest absolute Gasteiger partial charge is 0.132 e. The Labute approximate surface area is 100 Å². The average Bonchev–Trinajstić information content (AvgIpc) is 2.35. The number of alkyl halides is 1. The van der Waals surface area contributed by atoms with E-state index in [2.05, 4.69) is 0 Å². The van der Waals surface area contributed by atoms with Gasteiger partial charge in [-0.2, -0.15) is 0 Å². The Bertz CT molecular complexity index is 511. The molecule has 0 spiro atoms. The van der Waals surface area contributed by atoms with Crippen LogP contribution in [0, 0.1) is 0 Å². The molecule has 0 aliphatic carbocycles. The lowest BCUT2D eigenvalue weighted by Gasteiger charge is -2.15. The number of hydrogen-bond donors (Lipinski definition) is 1. The molecule has 2 rings (SSSR count). The number of fused-ring (bicyclic) bond motifs is 1. The molecule has 2 aromatic rings. The van der Waals surface area contributed by atoms with Crippen LogP contribution in [0.5, 0.6) is 5.75 Å². The standard InChI is InChI=1S/C14H16FNO/c1-10(16)12-7-6-11-4-2-3-5-13(11)14(12)17-9-8-15/h2-7,10H,8-9,16H2,1H3. The lowest BCUT2D eigenvalue weighted by molar-refractivity contribution is 0.273. The third-order valence-electron chi connectivity index (χ3n) is 2.72. The van der Waals surface area contributed by atoms with Gasteiger partial charge in [0.1, 0.15) is 19.0 Å². The monoisotopic (exact) mass is 233 g/mol. The first kappa shape index (κ1) is 11.9. The summed E-state index contributed by atoms with van der Waals surface area (Å²) >= 11 is 0. The third kappa shape index (κ3) is 2.39. The Morgan fingerprint density at radius 2 is 2.00 bits per heavy atom. The van der Waals surface area contributed by atoms with Crippen molar-refractivity contribution >= 4 is 10.8 Å². The molecule has 0 aliphatic heterocycles. The van der Waals surface area contributed by atoms with Crippen molar-refractivity contribution in [3.05, 3.63) is 42.0 Å².